The van der Waals surface area contributed by atoms with E-state index in [1.165, 1.54) is 11.1 Å². The van der Waals surface area contributed by atoms with E-state index in [4.69, 9.17) is 11.6 Å². The molecule has 0 spiro atoms. The van der Waals surface area contributed by atoms with Crippen LogP contribution in [-0.4, -0.2) is 9.97 Å². The van der Waals surface area contributed by atoms with E-state index in [9.17, 15) is 0 Å². The third-order valence-corrected chi connectivity index (χ3v) is 2.80. The van der Waals surface area contributed by atoms with E-state index in [2.05, 4.69) is 42.0 Å². The van der Waals surface area contributed by atoms with Crippen molar-refractivity contribution in [1.82, 2.24) is 9.97 Å². The summed E-state index contributed by atoms with van der Waals surface area (Å²) in [5.41, 5.74) is 4.49. The van der Waals surface area contributed by atoms with E-state index in [0.29, 0.717) is 11.0 Å². The summed E-state index contributed by atoms with van der Waals surface area (Å²) in [5, 5.41) is 0.487. The second kappa shape index (κ2) is 4.22. The summed E-state index contributed by atoms with van der Waals surface area (Å²) in [6, 6.07) is 8.06. The van der Waals surface area contributed by atoms with Crippen LogP contribution < -0.4 is 0 Å². The quantitative estimate of drug-likeness (QED) is 0.701. The fourth-order valence-electron chi connectivity index (χ4n) is 1.58. The molecule has 0 radical (unpaired) electrons. The molecule has 0 saturated carbocycles. The van der Waals surface area contributed by atoms with Crippen molar-refractivity contribution < 1.29 is 0 Å². The predicted molar refractivity (Wildman–Crippen MR) is 66.7 cm³/mol. The highest BCUT2D eigenvalue weighted by atomic mass is 35.5. The lowest BCUT2D eigenvalue weighted by atomic mass is 10.0. The van der Waals surface area contributed by atoms with Crippen molar-refractivity contribution in [2.45, 2.75) is 20.8 Å². The first-order chi connectivity index (χ1) is 7.56. The van der Waals surface area contributed by atoms with E-state index in [-0.39, 0.29) is 0 Å². The van der Waals surface area contributed by atoms with E-state index in [1.54, 1.807) is 6.07 Å². The van der Waals surface area contributed by atoms with Crippen molar-refractivity contribution in [2.24, 2.45) is 0 Å². The minimum Gasteiger partial charge on any atom is -0.233 e. The zero-order valence-corrected chi connectivity index (χ0v) is 10.3. The van der Waals surface area contributed by atoms with E-state index in [1.807, 2.05) is 6.92 Å². The van der Waals surface area contributed by atoms with Gasteiger partial charge in [-0.15, -0.1) is 0 Å². The maximum atomic E-state index is 5.92. The number of benzene rings is 1. The molecule has 1 aromatic heterocycles. The zero-order chi connectivity index (χ0) is 11.7. The summed E-state index contributed by atoms with van der Waals surface area (Å²) in [7, 11) is 0. The number of nitrogens with zero attached hydrogens (tertiary/aromatic N) is 2. The minimum absolute atomic E-state index is 0.487. The molecular formula is C13H13ClN2. The summed E-state index contributed by atoms with van der Waals surface area (Å²) >= 11 is 5.92. The van der Waals surface area contributed by atoms with Gasteiger partial charge in [-0.3, -0.25) is 0 Å². The lowest BCUT2D eigenvalue weighted by Crippen LogP contribution is -1.92. The van der Waals surface area contributed by atoms with Gasteiger partial charge in [0.05, 0.1) is 5.69 Å². The van der Waals surface area contributed by atoms with Gasteiger partial charge in [-0.2, -0.15) is 0 Å². The summed E-state index contributed by atoms with van der Waals surface area (Å²) in [4.78, 5) is 8.43. The molecule has 82 valence electrons. The fraction of sp³-hybridized carbons (Fsp3) is 0.231. The lowest BCUT2D eigenvalue weighted by molar-refractivity contribution is 1.06. The van der Waals surface area contributed by atoms with E-state index < -0.39 is 0 Å². The lowest BCUT2D eigenvalue weighted by Gasteiger charge is -2.05. The SMILES string of the molecule is Cc1nc(Cl)cc(-c2ccc(C)c(C)c2)n1. The average molecular weight is 233 g/mol. The Kier molecular flexibility index (Phi) is 2.92. The van der Waals surface area contributed by atoms with Crippen LogP contribution in [0.3, 0.4) is 0 Å². The van der Waals surface area contributed by atoms with Crippen molar-refractivity contribution in [1.29, 1.82) is 0 Å². The number of hydrogen-bond donors (Lipinski definition) is 0. The van der Waals surface area contributed by atoms with Crippen LogP contribution in [0.25, 0.3) is 11.3 Å². The van der Waals surface area contributed by atoms with Gasteiger partial charge in [0, 0.05) is 11.6 Å². The molecule has 2 aromatic rings. The Morgan fingerprint density at radius 1 is 0.938 bits per heavy atom. The van der Waals surface area contributed by atoms with Crippen LogP contribution in [0.15, 0.2) is 24.3 Å². The molecule has 0 fully saturated rings. The van der Waals surface area contributed by atoms with Crippen LogP contribution in [0.5, 0.6) is 0 Å². The zero-order valence-electron chi connectivity index (χ0n) is 9.58. The van der Waals surface area contributed by atoms with Gasteiger partial charge >= 0.3 is 0 Å². The van der Waals surface area contributed by atoms with Crippen LogP contribution >= 0.6 is 11.6 Å². The fourth-order valence-corrected chi connectivity index (χ4v) is 1.81. The Morgan fingerprint density at radius 2 is 1.69 bits per heavy atom. The van der Waals surface area contributed by atoms with Gasteiger partial charge in [-0.25, -0.2) is 9.97 Å². The van der Waals surface area contributed by atoms with Gasteiger partial charge in [0.25, 0.3) is 0 Å². The molecule has 0 amide bonds. The smallest absolute Gasteiger partial charge is 0.133 e. The van der Waals surface area contributed by atoms with Crippen LogP contribution in [0, 0.1) is 20.8 Å². The molecule has 2 nitrogen and oxygen atoms in total. The van der Waals surface area contributed by atoms with Crippen molar-refractivity contribution in [2.75, 3.05) is 0 Å². The third kappa shape index (κ3) is 2.22. The highest BCUT2D eigenvalue weighted by molar-refractivity contribution is 6.29. The largest absolute Gasteiger partial charge is 0.233 e. The van der Waals surface area contributed by atoms with Gasteiger partial charge in [0.15, 0.2) is 0 Å². The number of halogens is 1. The maximum Gasteiger partial charge on any atom is 0.133 e. The molecule has 1 heterocycles. The molecular weight excluding hydrogens is 220 g/mol. The highest BCUT2D eigenvalue weighted by Gasteiger charge is 2.04. The molecule has 0 aliphatic rings. The standard InChI is InChI=1S/C13H13ClN2/c1-8-4-5-11(6-9(8)2)12-7-13(14)16-10(3)15-12/h4-7H,1-3H3. The Bertz CT molecular complexity index is 515. The first-order valence-corrected chi connectivity index (χ1v) is 5.53. The molecule has 0 saturated heterocycles. The van der Waals surface area contributed by atoms with Gasteiger partial charge in [-0.1, -0.05) is 23.7 Å². The monoisotopic (exact) mass is 232 g/mol. The molecule has 0 bridgehead atoms. The second-order valence-electron chi connectivity index (χ2n) is 3.92. The Labute approximate surface area is 100 Å². The van der Waals surface area contributed by atoms with Gasteiger partial charge < -0.3 is 0 Å². The van der Waals surface area contributed by atoms with Crippen LogP contribution in [0.4, 0.5) is 0 Å². The number of hydrogen-bond acceptors (Lipinski definition) is 2. The highest BCUT2D eigenvalue weighted by Crippen LogP contribution is 2.22. The van der Waals surface area contributed by atoms with Gasteiger partial charge in [0.1, 0.15) is 11.0 Å². The van der Waals surface area contributed by atoms with Gasteiger partial charge in [-0.05, 0) is 38.0 Å². The minimum atomic E-state index is 0.487. The summed E-state index contributed by atoms with van der Waals surface area (Å²) in [5.74, 6) is 0.695. The first kappa shape index (κ1) is 11.1. The normalized spacial score (nSPS) is 10.5. The second-order valence-corrected chi connectivity index (χ2v) is 4.31. The summed E-state index contributed by atoms with van der Waals surface area (Å²) in [6.07, 6.45) is 0. The van der Waals surface area contributed by atoms with E-state index >= 15 is 0 Å². The van der Waals surface area contributed by atoms with Crippen LogP contribution in [-0.2, 0) is 0 Å². The molecule has 0 aliphatic heterocycles. The molecule has 0 N–H and O–H groups in total. The molecule has 3 heteroatoms. The molecule has 0 atom stereocenters. The number of aromatic nitrogens is 2. The average Bonchev–Trinajstić information content (AvgIpc) is 2.20. The summed E-state index contributed by atoms with van der Waals surface area (Å²) in [6.45, 7) is 6.03. The van der Waals surface area contributed by atoms with Gasteiger partial charge in [0.2, 0.25) is 0 Å². The molecule has 2 rings (SSSR count). The summed E-state index contributed by atoms with van der Waals surface area (Å²) < 4.78 is 0. The molecule has 0 unspecified atom stereocenters. The molecule has 16 heavy (non-hydrogen) atoms. The third-order valence-electron chi connectivity index (χ3n) is 2.61. The van der Waals surface area contributed by atoms with E-state index in [0.717, 1.165) is 11.3 Å². The first-order valence-electron chi connectivity index (χ1n) is 5.15. The number of rotatable bonds is 1. The predicted octanol–water partition coefficient (Wildman–Crippen LogP) is 3.72. The topological polar surface area (TPSA) is 25.8 Å². The van der Waals surface area contributed by atoms with Crippen LogP contribution in [0.1, 0.15) is 17.0 Å². The molecule has 1 aromatic carbocycles. The maximum absolute atomic E-state index is 5.92. The number of aryl methyl sites for hydroxylation is 3. The Hall–Kier alpha value is -1.41. The van der Waals surface area contributed by atoms with Crippen molar-refractivity contribution >= 4 is 11.6 Å². The van der Waals surface area contributed by atoms with Crippen LogP contribution in [0.2, 0.25) is 5.15 Å². The Morgan fingerprint density at radius 3 is 2.31 bits per heavy atom. The van der Waals surface area contributed by atoms with Crippen molar-refractivity contribution in [3.8, 4) is 11.3 Å². The Balaban J connectivity index is 2.54. The molecule has 0 aliphatic carbocycles. The van der Waals surface area contributed by atoms with Crippen molar-refractivity contribution in [3.63, 3.8) is 0 Å². The van der Waals surface area contributed by atoms with Crippen molar-refractivity contribution in [3.05, 3.63) is 46.4 Å².